The van der Waals surface area contributed by atoms with Crippen LogP contribution < -0.4 is 5.32 Å². The molecule has 1 saturated heterocycles. The number of halogens is 3. The minimum atomic E-state index is -2.57. The van der Waals surface area contributed by atoms with Gasteiger partial charge in [0.15, 0.2) is 6.29 Å². The summed E-state index contributed by atoms with van der Waals surface area (Å²) in [7, 11) is 0. The van der Waals surface area contributed by atoms with Crippen LogP contribution >= 0.6 is 11.9 Å². The van der Waals surface area contributed by atoms with Crippen LogP contribution in [0, 0.1) is 26.2 Å². The summed E-state index contributed by atoms with van der Waals surface area (Å²) in [5, 5.41) is 3.22. The van der Waals surface area contributed by atoms with Crippen LogP contribution in [0.4, 0.5) is 14.6 Å². The number of alkyl halides is 2. The molecule has 1 atom stereocenters. The van der Waals surface area contributed by atoms with E-state index < -0.39 is 18.8 Å². The summed E-state index contributed by atoms with van der Waals surface area (Å²) in [6, 6.07) is 4.10. The molecule has 1 aromatic heterocycles. The van der Waals surface area contributed by atoms with Crippen LogP contribution in [0.1, 0.15) is 73.3 Å². The molecule has 2 aromatic rings. The average Bonchev–Trinajstić information content (AvgIpc) is 3.38. The van der Waals surface area contributed by atoms with Gasteiger partial charge in [0.1, 0.15) is 29.6 Å². The van der Waals surface area contributed by atoms with E-state index in [0.29, 0.717) is 48.0 Å². The Balaban J connectivity index is 0.000000872. The molecule has 1 N–H and O–H groups in total. The zero-order chi connectivity index (χ0) is 25.7. The van der Waals surface area contributed by atoms with Gasteiger partial charge in [0.05, 0.1) is 24.5 Å². The van der Waals surface area contributed by atoms with E-state index in [2.05, 4.69) is 37.4 Å². The Morgan fingerprint density at radius 2 is 1.85 bits per heavy atom. The molecule has 3 rings (SSSR count). The highest BCUT2D eigenvalue weighted by Gasteiger charge is 2.28. The van der Waals surface area contributed by atoms with E-state index in [1.54, 1.807) is 26.0 Å². The SMILES string of the molecule is C#CC(Nc1nc(C)nc(CC)c1C1OCCO1)c1cccc(C(F)F)c1C.CC.O=COCl. The lowest BCUT2D eigenvalue weighted by Gasteiger charge is -2.23. The van der Waals surface area contributed by atoms with E-state index in [-0.39, 0.29) is 12.0 Å². The van der Waals surface area contributed by atoms with Crippen molar-refractivity contribution in [2.24, 2.45) is 0 Å². The number of hydrogen-bond donors (Lipinski definition) is 1. The highest BCUT2D eigenvalue weighted by molar-refractivity contribution is 6.10. The number of nitrogens with one attached hydrogen (secondary N) is 1. The molecule has 1 aliphatic heterocycles. The zero-order valence-corrected chi connectivity index (χ0v) is 20.7. The Labute approximate surface area is 204 Å². The van der Waals surface area contributed by atoms with Gasteiger partial charge < -0.3 is 19.1 Å². The minimum Gasteiger partial charge on any atom is -0.352 e. The second kappa shape index (κ2) is 15.2. The van der Waals surface area contributed by atoms with E-state index in [9.17, 15) is 8.78 Å². The van der Waals surface area contributed by atoms with Crippen molar-refractivity contribution < 1.29 is 27.3 Å². The summed E-state index contributed by atoms with van der Waals surface area (Å²) in [4.78, 5) is 17.8. The fourth-order valence-electron chi connectivity index (χ4n) is 3.36. The standard InChI is InChI=1S/C21H23F2N3O2.C2H6.CHClO2/c1-5-16(14-8-7-9-15(12(14)3)19(22)23)26-20-18(21-27-10-11-28-21)17(6-2)24-13(4)25-20;1-2;2-4-1-3/h1,7-9,16,19,21H,6,10-11H2,2-4H3,(H,24,25,26);1-2H3;1H. The third-order valence-electron chi connectivity index (χ3n) is 4.78. The van der Waals surface area contributed by atoms with Crippen molar-refractivity contribution in [1.29, 1.82) is 0 Å². The van der Waals surface area contributed by atoms with Gasteiger partial charge >= 0.3 is 6.47 Å². The maximum atomic E-state index is 13.3. The molecule has 1 aliphatic rings. The molecule has 10 heteroatoms. The van der Waals surface area contributed by atoms with Gasteiger partial charge in [-0.25, -0.2) is 18.7 Å². The Kier molecular flexibility index (Phi) is 13.0. The number of nitrogens with zero attached hydrogens (tertiary/aromatic N) is 2. The Morgan fingerprint density at radius 1 is 1.26 bits per heavy atom. The Bertz CT molecular complexity index is 964. The topological polar surface area (TPSA) is 82.6 Å². The number of benzene rings is 1. The van der Waals surface area contributed by atoms with Gasteiger partial charge in [-0.15, -0.1) is 6.42 Å². The molecular formula is C24H30ClF2N3O4. The summed E-state index contributed by atoms with van der Waals surface area (Å²) in [6.07, 6.45) is 3.27. The first-order valence-electron chi connectivity index (χ1n) is 10.8. The number of anilines is 1. The van der Waals surface area contributed by atoms with Crippen LogP contribution in [0.25, 0.3) is 0 Å². The second-order valence-electron chi connectivity index (χ2n) is 6.70. The molecule has 1 aromatic carbocycles. The van der Waals surface area contributed by atoms with Crippen molar-refractivity contribution in [3.05, 3.63) is 52.0 Å². The number of ether oxygens (including phenoxy) is 2. The Hall–Kier alpha value is -2.80. The molecule has 7 nitrogen and oxygen atoms in total. The normalized spacial score (nSPS) is 13.6. The molecule has 2 heterocycles. The third kappa shape index (κ3) is 7.62. The summed E-state index contributed by atoms with van der Waals surface area (Å²) in [6.45, 7) is 10.5. The van der Waals surface area contributed by atoms with Crippen molar-refractivity contribution in [3.8, 4) is 12.3 Å². The van der Waals surface area contributed by atoms with Crippen molar-refractivity contribution >= 4 is 24.2 Å². The third-order valence-corrected chi connectivity index (χ3v) is 4.85. The van der Waals surface area contributed by atoms with Gasteiger partial charge in [-0.3, -0.25) is 4.79 Å². The van der Waals surface area contributed by atoms with E-state index in [1.807, 2.05) is 20.8 Å². The van der Waals surface area contributed by atoms with Crippen LogP contribution in [0.3, 0.4) is 0 Å². The first-order valence-corrected chi connectivity index (χ1v) is 11.1. The number of hydrogen-bond acceptors (Lipinski definition) is 7. The van der Waals surface area contributed by atoms with Crippen molar-refractivity contribution in [3.63, 3.8) is 0 Å². The average molecular weight is 498 g/mol. The first-order chi connectivity index (χ1) is 16.4. The van der Waals surface area contributed by atoms with E-state index >= 15 is 0 Å². The van der Waals surface area contributed by atoms with Crippen molar-refractivity contribution in [2.75, 3.05) is 18.5 Å². The maximum absolute atomic E-state index is 13.3. The van der Waals surface area contributed by atoms with E-state index in [0.717, 1.165) is 5.69 Å². The molecule has 0 bridgehead atoms. The summed E-state index contributed by atoms with van der Waals surface area (Å²) in [5.74, 6) is 3.73. The number of aromatic nitrogens is 2. The number of rotatable bonds is 7. The molecule has 1 fully saturated rings. The molecule has 0 saturated carbocycles. The van der Waals surface area contributed by atoms with Gasteiger partial charge in [-0.1, -0.05) is 44.9 Å². The van der Waals surface area contributed by atoms with Gasteiger partial charge in [-0.05, 0) is 31.4 Å². The molecule has 0 amide bonds. The van der Waals surface area contributed by atoms with Crippen LogP contribution in [0.5, 0.6) is 0 Å². The fraction of sp³-hybridized carbons (Fsp3) is 0.458. The van der Waals surface area contributed by atoms with E-state index in [1.165, 1.54) is 6.07 Å². The lowest BCUT2D eigenvalue weighted by atomic mass is 9.97. The molecular weight excluding hydrogens is 468 g/mol. The van der Waals surface area contributed by atoms with Gasteiger partial charge in [0, 0.05) is 5.56 Å². The van der Waals surface area contributed by atoms with Gasteiger partial charge in [0.25, 0.3) is 6.43 Å². The predicted molar refractivity (Wildman–Crippen MR) is 126 cm³/mol. The van der Waals surface area contributed by atoms with Crippen LogP contribution in [0.2, 0.25) is 0 Å². The first kappa shape index (κ1) is 29.2. The largest absolute Gasteiger partial charge is 0.352 e. The molecule has 1 unspecified atom stereocenters. The lowest BCUT2D eigenvalue weighted by Crippen LogP contribution is -2.18. The van der Waals surface area contributed by atoms with Crippen LogP contribution in [-0.4, -0.2) is 29.7 Å². The molecule has 0 spiro atoms. The maximum Gasteiger partial charge on any atom is 0.312 e. The van der Waals surface area contributed by atoms with Gasteiger partial charge in [-0.2, -0.15) is 0 Å². The smallest absolute Gasteiger partial charge is 0.312 e. The van der Waals surface area contributed by atoms with Crippen molar-refractivity contribution in [2.45, 2.75) is 59.8 Å². The lowest BCUT2D eigenvalue weighted by molar-refractivity contribution is -0.120. The van der Waals surface area contributed by atoms with Crippen LogP contribution in [0.15, 0.2) is 18.2 Å². The quantitative estimate of drug-likeness (QED) is 0.384. The van der Waals surface area contributed by atoms with Gasteiger partial charge in [0.2, 0.25) is 0 Å². The summed E-state index contributed by atoms with van der Waals surface area (Å²) < 4.78 is 41.3. The number of carbonyl (C=O) groups excluding carboxylic acids is 1. The van der Waals surface area contributed by atoms with Crippen LogP contribution in [-0.2, 0) is 25.0 Å². The summed E-state index contributed by atoms with van der Waals surface area (Å²) in [5.41, 5.74) is 2.54. The monoisotopic (exact) mass is 497 g/mol. The fourth-order valence-corrected chi connectivity index (χ4v) is 3.36. The molecule has 34 heavy (non-hydrogen) atoms. The van der Waals surface area contributed by atoms with E-state index in [4.69, 9.17) is 20.7 Å². The molecule has 0 radical (unpaired) electrons. The molecule has 186 valence electrons. The zero-order valence-electron chi connectivity index (χ0n) is 19.9. The molecule has 0 aliphatic carbocycles. The van der Waals surface area contributed by atoms with Crippen molar-refractivity contribution in [1.82, 2.24) is 9.97 Å². The predicted octanol–water partition coefficient (Wildman–Crippen LogP) is 5.76. The number of aryl methyl sites for hydroxylation is 2. The second-order valence-corrected chi connectivity index (χ2v) is 6.88. The highest BCUT2D eigenvalue weighted by Crippen LogP contribution is 2.34. The number of carbonyl (C=O) groups is 1. The highest BCUT2D eigenvalue weighted by atomic mass is 35.5. The minimum absolute atomic E-state index is 0.0321. The number of terminal acetylenes is 1. The summed E-state index contributed by atoms with van der Waals surface area (Å²) >= 11 is 4.32. The Morgan fingerprint density at radius 3 is 2.35 bits per heavy atom.